The fourth-order valence-electron chi connectivity index (χ4n) is 5.10. The first-order valence-electron chi connectivity index (χ1n) is 13.2. The Hall–Kier alpha value is -2.92. The lowest BCUT2D eigenvalue weighted by Gasteiger charge is -2.29. The van der Waals surface area contributed by atoms with Crippen LogP contribution in [0, 0.1) is 23.3 Å². The molecule has 0 N–H and O–H groups in total. The van der Waals surface area contributed by atoms with Crippen LogP contribution in [0.25, 0.3) is 11.1 Å². The zero-order valence-corrected chi connectivity index (χ0v) is 21.3. The van der Waals surface area contributed by atoms with Crippen LogP contribution in [0.5, 0.6) is 0 Å². The van der Waals surface area contributed by atoms with Crippen LogP contribution in [0.2, 0.25) is 0 Å². The van der Waals surface area contributed by atoms with Gasteiger partial charge in [0.25, 0.3) is 0 Å². The number of halogens is 4. The maximum Gasteiger partial charge on any atom is 0.167 e. The SMILES string of the molecule is C=CCCC1CCC(c2ccc(-c3ccc(CCc4ccc(CCC)cc4)c(F)c3F)c(F)c2F)CO1. The van der Waals surface area contributed by atoms with Gasteiger partial charge < -0.3 is 4.74 Å². The number of aryl methyl sites for hydroxylation is 3. The quantitative estimate of drug-likeness (QED) is 0.195. The smallest absolute Gasteiger partial charge is 0.167 e. The van der Waals surface area contributed by atoms with Crippen molar-refractivity contribution in [1.29, 1.82) is 0 Å². The molecule has 1 nitrogen and oxygen atoms in total. The second kappa shape index (κ2) is 12.6. The number of ether oxygens (including phenoxy) is 1. The molecule has 1 aliphatic rings. The van der Waals surface area contributed by atoms with Gasteiger partial charge in [-0.3, -0.25) is 0 Å². The molecule has 2 atom stereocenters. The van der Waals surface area contributed by atoms with Gasteiger partial charge in [0, 0.05) is 17.0 Å². The minimum Gasteiger partial charge on any atom is -0.378 e. The van der Waals surface area contributed by atoms with Crippen molar-refractivity contribution in [3.8, 4) is 11.1 Å². The van der Waals surface area contributed by atoms with Gasteiger partial charge in [0.1, 0.15) is 0 Å². The van der Waals surface area contributed by atoms with Crippen LogP contribution in [0.15, 0.2) is 61.2 Å². The lowest BCUT2D eigenvalue weighted by molar-refractivity contribution is -0.000881. The number of rotatable bonds is 10. The second-order valence-electron chi connectivity index (χ2n) is 9.89. The van der Waals surface area contributed by atoms with Crippen LogP contribution >= 0.6 is 0 Å². The van der Waals surface area contributed by atoms with Crippen molar-refractivity contribution >= 4 is 0 Å². The first kappa shape index (κ1) is 27.1. The van der Waals surface area contributed by atoms with E-state index in [1.54, 1.807) is 0 Å². The Morgan fingerprint density at radius 1 is 0.784 bits per heavy atom. The molecule has 1 aliphatic heterocycles. The zero-order chi connectivity index (χ0) is 26.4. The Balaban J connectivity index is 1.47. The lowest BCUT2D eigenvalue weighted by Crippen LogP contribution is -2.25. The third-order valence-electron chi connectivity index (χ3n) is 7.31. The van der Waals surface area contributed by atoms with E-state index < -0.39 is 23.3 Å². The van der Waals surface area contributed by atoms with E-state index in [2.05, 4.69) is 25.6 Å². The van der Waals surface area contributed by atoms with E-state index in [0.717, 1.165) is 37.7 Å². The molecule has 37 heavy (non-hydrogen) atoms. The van der Waals surface area contributed by atoms with Gasteiger partial charge in [0.15, 0.2) is 23.3 Å². The van der Waals surface area contributed by atoms with Crippen LogP contribution < -0.4 is 0 Å². The normalized spacial score (nSPS) is 17.6. The highest BCUT2D eigenvalue weighted by Gasteiger charge is 2.28. The first-order valence-corrected chi connectivity index (χ1v) is 13.2. The van der Waals surface area contributed by atoms with E-state index in [1.807, 2.05) is 18.2 Å². The molecule has 0 saturated carbocycles. The largest absolute Gasteiger partial charge is 0.378 e. The maximum absolute atomic E-state index is 15.1. The molecular weight excluding hydrogens is 476 g/mol. The molecule has 0 aliphatic carbocycles. The molecule has 0 radical (unpaired) electrons. The maximum atomic E-state index is 15.1. The molecule has 1 heterocycles. The molecule has 0 spiro atoms. The van der Waals surface area contributed by atoms with Crippen molar-refractivity contribution in [3.63, 3.8) is 0 Å². The van der Waals surface area contributed by atoms with Crippen LogP contribution in [-0.2, 0) is 24.0 Å². The third kappa shape index (κ3) is 6.32. The molecule has 0 aromatic heterocycles. The van der Waals surface area contributed by atoms with Gasteiger partial charge in [-0.05, 0) is 67.2 Å². The summed E-state index contributed by atoms with van der Waals surface area (Å²) in [6.07, 6.45) is 8.00. The average molecular weight is 511 g/mol. The molecule has 2 unspecified atom stereocenters. The summed E-state index contributed by atoms with van der Waals surface area (Å²) in [5.41, 5.74) is 2.14. The summed E-state index contributed by atoms with van der Waals surface area (Å²) < 4.78 is 66.0. The monoisotopic (exact) mass is 510 g/mol. The second-order valence-corrected chi connectivity index (χ2v) is 9.89. The van der Waals surface area contributed by atoms with Gasteiger partial charge in [0.05, 0.1) is 12.7 Å². The summed E-state index contributed by atoms with van der Waals surface area (Å²) in [6, 6.07) is 13.7. The van der Waals surface area contributed by atoms with Gasteiger partial charge >= 0.3 is 0 Å². The van der Waals surface area contributed by atoms with Crippen molar-refractivity contribution < 1.29 is 22.3 Å². The molecule has 3 aromatic rings. The van der Waals surface area contributed by atoms with E-state index >= 15 is 13.2 Å². The Kier molecular flexibility index (Phi) is 9.20. The standard InChI is InChI=1S/C32H34F4O/c1-3-5-7-25-16-14-24(20-37-25)26-18-19-28(32(36)30(26)34)27-17-15-23(29(33)31(27)35)13-12-22-10-8-21(6-4-2)9-11-22/h3,8-11,15,17-19,24-25H,1,4-7,12-14,16,20H2,2H3. The van der Waals surface area contributed by atoms with Crippen molar-refractivity contribution in [2.75, 3.05) is 6.61 Å². The Labute approximate surface area is 217 Å². The summed E-state index contributed by atoms with van der Waals surface area (Å²) in [5, 5.41) is 0. The van der Waals surface area contributed by atoms with Crippen LogP contribution in [-0.4, -0.2) is 12.7 Å². The summed E-state index contributed by atoms with van der Waals surface area (Å²) in [6.45, 7) is 6.13. The summed E-state index contributed by atoms with van der Waals surface area (Å²) in [5.74, 6) is -4.64. The Morgan fingerprint density at radius 3 is 2.05 bits per heavy atom. The van der Waals surface area contributed by atoms with E-state index in [4.69, 9.17) is 4.74 Å². The average Bonchev–Trinajstić information content (AvgIpc) is 2.92. The van der Waals surface area contributed by atoms with Gasteiger partial charge in [-0.1, -0.05) is 68.0 Å². The van der Waals surface area contributed by atoms with E-state index in [1.165, 1.54) is 29.8 Å². The highest BCUT2D eigenvalue weighted by Crippen LogP contribution is 2.36. The molecule has 4 rings (SSSR count). The third-order valence-corrected chi connectivity index (χ3v) is 7.31. The fourth-order valence-corrected chi connectivity index (χ4v) is 5.10. The van der Waals surface area contributed by atoms with Gasteiger partial charge in [-0.2, -0.15) is 0 Å². The lowest BCUT2D eigenvalue weighted by atomic mass is 9.88. The van der Waals surface area contributed by atoms with E-state index in [0.29, 0.717) is 25.9 Å². The molecule has 3 aromatic carbocycles. The van der Waals surface area contributed by atoms with Gasteiger partial charge in [-0.25, -0.2) is 17.6 Å². The van der Waals surface area contributed by atoms with E-state index in [9.17, 15) is 4.39 Å². The first-order chi connectivity index (χ1) is 17.9. The minimum atomic E-state index is -1.16. The number of hydrogen-bond acceptors (Lipinski definition) is 1. The van der Waals surface area contributed by atoms with Crippen LogP contribution in [0.1, 0.15) is 67.2 Å². The molecule has 196 valence electrons. The highest BCUT2D eigenvalue weighted by molar-refractivity contribution is 5.66. The predicted octanol–water partition coefficient (Wildman–Crippen LogP) is 8.88. The minimum absolute atomic E-state index is 0.0948. The molecule has 0 amide bonds. The molecule has 1 fully saturated rings. The predicted molar refractivity (Wildman–Crippen MR) is 141 cm³/mol. The topological polar surface area (TPSA) is 9.23 Å². The summed E-state index contributed by atoms with van der Waals surface area (Å²) in [7, 11) is 0. The molecule has 5 heteroatoms. The molecule has 1 saturated heterocycles. The number of hydrogen-bond donors (Lipinski definition) is 0. The fraction of sp³-hybridized carbons (Fsp3) is 0.375. The number of allylic oxidation sites excluding steroid dienone is 1. The van der Waals surface area contributed by atoms with Crippen LogP contribution in [0.4, 0.5) is 17.6 Å². The molecule has 0 bridgehead atoms. The van der Waals surface area contributed by atoms with Crippen molar-refractivity contribution in [1.82, 2.24) is 0 Å². The van der Waals surface area contributed by atoms with Gasteiger partial charge in [0.2, 0.25) is 0 Å². The van der Waals surface area contributed by atoms with Crippen molar-refractivity contribution in [2.24, 2.45) is 0 Å². The highest BCUT2D eigenvalue weighted by atomic mass is 19.2. The van der Waals surface area contributed by atoms with Crippen molar-refractivity contribution in [2.45, 2.75) is 70.3 Å². The van der Waals surface area contributed by atoms with Crippen LogP contribution in [0.3, 0.4) is 0 Å². The van der Waals surface area contributed by atoms with Gasteiger partial charge in [-0.15, -0.1) is 6.58 Å². The van der Waals surface area contributed by atoms with Crippen molar-refractivity contribution in [3.05, 3.63) is 107 Å². The summed E-state index contributed by atoms with van der Waals surface area (Å²) >= 11 is 0. The number of benzene rings is 3. The molecular formula is C32H34F4O. The Bertz CT molecular complexity index is 1210. The zero-order valence-electron chi connectivity index (χ0n) is 21.3. The summed E-state index contributed by atoms with van der Waals surface area (Å²) in [4.78, 5) is 0. The van der Waals surface area contributed by atoms with E-state index in [-0.39, 0.29) is 34.3 Å². The Morgan fingerprint density at radius 2 is 1.43 bits per heavy atom.